The molecule has 3 nitrogen and oxygen atoms in total. The molecule has 0 amide bonds. The van der Waals surface area contributed by atoms with Crippen LogP contribution in [0.25, 0.3) is 0 Å². The molecule has 1 fully saturated rings. The monoisotopic (exact) mass is 333 g/mol. The lowest BCUT2D eigenvalue weighted by atomic mass is 9.94. The summed E-state index contributed by atoms with van der Waals surface area (Å²) < 4.78 is 3.02. The van der Waals surface area contributed by atoms with Crippen LogP contribution in [0.15, 0.2) is 41.0 Å². The number of hydrogen-bond acceptors (Lipinski definition) is 2. The van der Waals surface area contributed by atoms with Crippen LogP contribution >= 0.6 is 15.9 Å². The van der Waals surface area contributed by atoms with E-state index >= 15 is 0 Å². The highest BCUT2D eigenvalue weighted by Crippen LogP contribution is 2.25. The first-order valence-corrected chi connectivity index (χ1v) is 7.97. The largest absolute Gasteiger partial charge is 0.313 e. The third-order valence-electron chi connectivity index (χ3n) is 3.77. The minimum atomic E-state index is 0.475. The minimum Gasteiger partial charge on any atom is -0.313 e. The first-order chi connectivity index (χ1) is 9.70. The van der Waals surface area contributed by atoms with Gasteiger partial charge in [-0.05, 0) is 43.0 Å². The molecule has 0 radical (unpaired) electrons. The molecule has 1 N–H and O–H groups in total. The van der Waals surface area contributed by atoms with E-state index in [-0.39, 0.29) is 0 Å². The molecule has 106 valence electrons. The molecule has 20 heavy (non-hydrogen) atoms. The van der Waals surface area contributed by atoms with E-state index in [0.29, 0.717) is 5.92 Å². The van der Waals surface area contributed by atoms with Gasteiger partial charge in [-0.15, -0.1) is 0 Å². The Hall–Kier alpha value is -1.13. The second-order valence-electron chi connectivity index (χ2n) is 5.62. The van der Waals surface area contributed by atoms with E-state index in [9.17, 15) is 0 Å². The van der Waals surface area contributed by atoms with Gasteiger partial charge in [0.25, 0.3) is 0 Å². The first kappa shape index (κ1) is 13.8. The normalized spacial score (nSPS) is 16.3. The molecule has 1 aromatic heterocycles. The fourth-order valence-corrected chi connectivity index (χ4v) is 2.91. The van der Waals surface area contributed by atoms with Gasteiger partial charge in [-0.3, -0.25) is 4.68 Å². The van der Waals surface area contributed by atoms with Gasteiger partial charge >= 0.3 is 0 Å². The van der Waals surface area contributed by atoms with Gasteiger partial charge in [0.05, 0.1) is 5.69 Å². The number of rotatable bonds is 6. The fourth-order valence-electron chi connectivity index (χ4n) is 2.49. The number of hydrogen-bond donors (Lipinski definition) is 1. The number of halogens is 1. The SMILES string of the molecule is Cn1ccc(CC(CNC2CC2)c2cccc(Br)c2)n1. The van der Waals surface area contributed by atoms with Crippen LogP contribution in [0, 0.1) is 0 Å². The highest BCUT2D eigenvalue weighted by molar-refractivity contribution is 9.10. The van der Waals surface area contributed by atoms with Crippen molar-refractivity contribution in [3.63, 3.8) is 0 Å². The molecule has 3 rings (SSSR count). The molecule has 2 aromatic rings. The third kappa shape index (κ3) is 3.70. The van der Waals surface area contributed by atoms with Gasteiger partial charge in [-0.1, -0.05) is 28.1 Å². The second kappa shape index (κ2) is 6.10. The van der Waals surface area contributed by atoms with E-state index in [1.165, 1.54) is 18.4 Å². The maximum atomic E-state index is 4.52. The lowest BCUT2D eigenvalue weighted by Crippen LogP contribution is -2.25. The summed E-state index contributed by atoms with van der Waals surface area (Å²) in [5.41, 5.74) is 2.54. The molecular formula is C16H20BrN3. The standard InChI is InChI=1S/C16H20BrN3/c1-20-8-7-16(19-20)10-13(11-18-15-5-6-15)12-3-2-4-14(17)9-12/h2-4,7-9,13,15,18H,5-6,10-11H2,1H3. The van der Waals surface area contributed by atoms with Gasteiger partial charge in [0, 0.05) is 36.2 Å². The number of nitrogens with one attached hydrogen (secondary N) is 1. The van der Waals surface area contributed by atoms with Crippen LogP contribution in [0.1, 0.15) is 30.0 Å². The smallest absolute Gasteiger partial charge is 0.0631 e. The van der Waals surface area contributed by atoms with Crippen LogP contribution in [-0.2, 0) is 13.5 Å². The lowest BCUT2D eigenvalue weighted by molar-refractivity contribution is 0.568. The van der Waals surface area contributed by atoms with E-state index in [1.807, 2.05) is 17.9 Å². The van der Waals surface area contributed by atoms with Crippen molar-refractivity contribution in [2.45, 2.75) is 31.2 Å². The number of benzene rings is 1. The summed E-state index contributed by atoms with van der Waals surface area (Å²) in [5.74, 6) is 0.475. The Morgan fingerprint density at radius 1 is 1.40 bits per heavy atom. The van der Waals surface area contributed by atoms with Crippen molar-refractivity contribution in [1.82, 2.24) is 15.1 Å². The first-order valence-electron chi connectivity index (χ1n) is 7.18. The van der Waals surface area contributed by atoms with Gasteiger partial charge in [0.15, 0.2) is 0 Å². The van der Waals surface area contributed by atoms with E-state index in [0.717, 1.165) is 29.2 Å². The maximum absolute atomic E-state index is 4.52. The van der Waals surface area contributed by atoms with Crippen molar-refractivity contribution in [3.8, 4) is 0 Å². The summed E-state index contributed by atoms with van der Waals surface area (Å²) in [6.45, 7) is 1.03. The molecule has 1 unspecified atom stereocenters. The molecule has 1 heterocycles. The molecule has 0 saturated heterocycles. The Labute approximate surface area is 128 Å². The van der Waals surface area contributed by atoms with Gasteiger partial charge in [-0.25, -0.2) is 0 Å². The van der Waals surface area contributed by atoms with Gasteiger partial charge in [0.2, 0.25) is 0 Å². The molecule has 1 saturated carbocycles. The Balaban J connectivity index is 1.74. The predicted octanol–water partition coefficient (Wildman–Crippen LogP) is 3.26. The Morgan fingerprint density at radius 2 is 2.25 bits per heavy atom. The van der Waals surface area contributed by atoms with Crippen molar-refractivity contribution in [1.29, 1.82) is 0 Å². The van der Waals surface area contributed by atoms with E-state index in [4.69, 9.17) is 0 Å². The van der Waals surface area contributed by atoms with E-state index in [1.54, 1.807) is 0 Å². The molecule has 4 heteroatoms. The third-order valence-corrected chi connectivity index (χ3v) is 4.27. The highest BCUT2D eigenvalue weighted by Gasteiger charge is 2.23. The second-order valence-corrected chi connectivity index (χ2v) is 6.53. The topological polar surface area (TPSA) is 29.9 Å². The average Bonchev–Trinajstić information content (AvgIpc) is 3.17. The summed E-state index contributed by atoms with van der Waals surface area (Å²) in [5, 5.41) is 8.17. The van der Waals surface area contributed by atoms with Crippen molar-refractivity contribution in [3.05, 3.63) is 52.3 Å². The number of aromatic nitrogens is 2. The Bertz CT molecular complexity index is 575. The van der Waals surface area contributed by atoms with E-state index < -0.39 is 0 Å². The summed E-state index contributed by atoms with van der Waals surface area (Å²) in [7, 11) is 1.97. The Kier molecular flexibility index (Phi) is 4.22. The predicted molar refractivity (Wildman–Crippen MR) is 84.8 cm³/mol. The molecule has 1 atom stereocenters. The van der Waals surface area contributed by atoms with Crippen LogP contribution < -0.4 is 5.32 Å². The van der Waals surface area contributed by atoms with Crippen LogP contribution in [0.4, 0.5) is 0 Å². The molecular weight excluding hydrogens is 314 g/mol. The maximum Gasteiger partial charge on any atom is 0.0631 e. The Morgan fingerprint density at radius 3 is 2.90 bits per heavy atom. The van der Waals surface area contributed by atoms with Crippen LogP contribution in [0.3, 0.4) is 0 Å². The summed E-state index contributed by atoms with van der Waals surface area (Å²) in [6, 6.07) is 11.5. The zero-order chi connectivity index (χ0) is 13.9. The zero-order valence-corrected chi connectivity index (χ0v) is 13.3. The molecule has 1 aromatic carbocycles. The molecule has 1 aliphatic carbocycles. The van der Waals surface area contributed by atoms with Gasteiger partial charge < -0.3 is 5.32 Å². The van der Waals surface area contributed by atoms with Gasteiger partial charge in [0.1, 0.15) is 0 Å². The summed E-state index contributed by atoms with van der Waals surface area (Å²) >= 11 is 3.57. The van der Waals surface area contributed by atoms with Crippen LogP contribution in [0.5, 0.6) is 0 Å². The minimum absolute atomic E-state index is 0.475. The van der Waals surface area contributed by atoms with Gasteiger partial charge in [-0.2, -0.15) is 5.10 Å². The molecule has 0 bridgehead atoms. The van der Waals surface area contributed by atoms with Crippen molar-refractivity contribution in [2.24, 2.45) is 7.05 Å². The molecule has 0 aliphatic heterocycles. The van der Waals surface area contributed by atoms with Crippen molar-refractivity contribution >= 4 is 15.9 Å². The number of nitrogens with zero attached hydrogens (tertiary/aromatic N) is 2. The fraction of sp³-hybridized carbons (Fsp3) is 0.438. The summed E-state index contributed by atoms with van der Waals surface area (Å²) in [6.07, 6.45) is 5.65. The van der Waals surface area contributed by atoms with Crippen LogP contribution in [-0.4, -0.2) is 22.4 Å². The lowest BCUT2D eigenvalue weighted by Gasteiger charge is -2.17. The zero-order valence-electron chi connectivity index (χ0n) is 11.7. The summed E-state index contributed by atoms with van der Waals surface area (Å²) in [4.78, 5) is 0. The van der Waals surface area contributed by atoms with Crippen molar-refractivity contribution in [2.75, 3.05) is 6.54 Å². The quantitative estimate of drug-likeness (QED) is 0.879. The molecule has 0 spiro atoms. The highest BCUT2D eigenvalue weighted by atomic mass is 79.9. The average molecular weight is 334 g/mol. The van der Waals surface area contributed by atoms with Crippen LogP contribution in [0.2, 0.25) is 0 Å². The molecule has 1 aliphatic rings. The van der Waals surface area contributed by atoms with Crippen molar-refractivity contribution < 1.29 is 0 Å². The van der Waals surface area contributed by atoms with E-state index in [2.05, 4.69) is 56.7 Å². The number of aryl methyl sites for hydroxylation is 1.